The molecule has 82 valence electrons. The maximum Gasteiger partial charge on any atom is 0.0721 e. The van der Waals surface area contributed by atoms with E-state index in [1.165, 1.54) is 11.1 Å². The van der Waals surface area contributed by atoms with E-state index in [0.29, 0.717) is 6.10 Å². The number of aryl methyl sites for hydroxylation is 1. The highest BCUT2D eigenvalue weighted by atomic mass is 16.5. The van der Waals surface area contributed by atoms with Crippen LogP contribution in [0.25, 0.3) is 0 Å². The molecule has 0 radical (unpaired) electrons. The third-order valence-electron chi connectivity index (χ3n) is 2.93. The first-order valence-corrected chi connectivity index (χ1v) is 5.78. The lowest BCUT2D eigenvalue weighted by Gasteiger charge is -2.10. The first kappa shape index (κ1) is 10.7. The Morgan fingerprint density at radius 3 is 2.60 bits per heavy atom. The molecule has 0 aliphatic carbocycles. The van der Waals surface area contributed by atoms with Crippen molar-refractivity contribution in [2.45, 2.75) is 32.5 Å². The van der Waals surface area contributed by atoms with Crippen molar-refractivity contribution in [1.29, 1.82) is 0 Å². The smallest absolute Gasteiger partial charge is 0.0721 e. The Morgan fingerprint density at radius 2 is 2.00 bits per heavy atom. The molecule has 1 saturated heterocycles. The summed E-state index contributed by atoms with van der Waals surface area (Å²) in [6.45, 7) is 5.03. The first-order valence-electron chi connectivity index (χ1n) is 5.78. The Balaban J connectivity index is 1.82. The van der Waals surface area contributed by atoms with Gasteiger partial charge in [-0.1, -0.05) is 31.2 Å². The van der Waals surface area contributed by atoms with Gasteiger partial charge in [-0.15, -0.1) is 0 Å². The van der Waals surface area contributed by atoms with Gasteiger partial charge in [-0.05, 0) is 30.5 Å². The van der Waals surface area contributed by atoms with Crippen LogP contribution in [0.1, 0.15) is 24.5 Å². The van der Waals surface area contributed by atoms with Crippen molar-refractivity contribution < 1.29 is 4.74 Å². The average Bonchev–Trinajstić information content (AvgIpc) is 2.80. The molecule has 1 aliphatic rings. The minimum Gasteiger partial charge on any atom is -0.372 e. The predicted molar refractivity (Wildman–Crippen MR) is 61.9 cm³/mol. The van der Waals surface area contributed by atoms with Crippen molar-refractivity contribution in [2.75, 3.05) is 13.1 Å². The van der Waals surface area contributed by atoms with E-state index in [1.807, 2.05) is 0 Å². The molecule has 1 atom stereocenters. The molecular formula is C13H19NO. The van der Waals surface area contributed by atoms with Crippen LogP contribution in [0.3, 0.4) is 0 Å². The Hall–Kier alpha value is -0.860. The molecule has 15 heavy (non-hydrogen) atoms. The van der Waals surface area contributed by atoms with Crippen LogP contribution < -0.4 is 5.32 Å². The number of benzene rings is 1. The van der Waals surface area contributed by atoms with E-state index in [-0.39, 0.29) is 0 Å². The van der Waals surface area contributed by atoms with Crippen LogP contribution >= 0.6 is 0 Å². The number of nitrogens with one attached hydrogen (secondary N) is 1. The molecule has 1 heterocycles. The van der Waals surface area contributed by atoms with Gasteiger partial charge in [0.2, 0.25) is 0 Å². The van der Waals surface area contributed by atoms with Gasteiger partial charge in [-0.2, -0.15) is 0 Å². The highest BCUT2D eigenvalue weighted by Gasteiger charge is 2.14. The molecular weight excluding hydrogens is 186 g/mol. The van der Waals surface area contributed by atoms with Crippen LogP contribution in [0, 0.1) is 0 Å². The Kier molecular flexibility index (Phi) is 3.75. The van der Waals surface area contributed by atoms with E-state index in [9.17, 15) is 0 Å². The van der Waals surface area contributed by atoms with Crippen LogP contribution in [-0.2, 0) is 17.8 Å². The normalized spacial score (nSPS) is 20.7. The van der Waals surface area contributed by atoms with Gasteiger partial charge in [0.1, 0.15) is 0 Å². The summed E-state index contributed by atoms with van der Waals surface area (Å²) in [7, 11) is 0. The fourth-order valence-electron chi connectivity index (χ4n) is 1.86. The molecule has 0 unspecified atom stereocenters. The lowest BCUT2D eigenvalue weighted by Crippen LogP contribution is -2.16. The topological polar surface area (TPSA) is 21.3 Å². The Labute approximate surface area is 91.6 Å². The van der Waals surface area contributed by atoms with Crippen LogP contribution in [0.15, 0.2) is 24.3 Å². The Morgan fingerprint density at radius 1 is 1.27 bits per heavy atom. The molecule has 1 aromatic rings. The molecule has 2 rings (SSSR count). The highest BCUT2D eigenvalue weighted by Crippen LogP contribution is 2.10. The summed E-state index contributed by atoms with van der Waals surface area (Å²) in [4.78, 5) is 0. The molecule has 0 aromatic heterocycles. The second-order valence-corrected chi connectivity index (χ2v) is 4.10. The van der Waals surface area contributed by atoms with Gasteiger partial charge < -0.3 is 10.1 Å². The second kappa shape index (κ2) is 5.29. The third-order valence-corrected chi connectivity index (χ3v) is 2.93. The first-order chi connectivity index (χ1) is 7.38. The Bertz CT molecular complexity index is 288. The summed E-state index contributed by atoms with van der Waals surface area (Å²) >= 11 is 0. The fraction of sp³-hybridized carbons (Fsp3) is 0.538. The van der Waals surface area contributed by atoms with Crippen LogP contribution in [0.5, 0.6) is 0 Å². The van der Waals surface area contributed by atoms with E-state index >= 15 is 0 Å². The monoisotopic (exact) mass is 205 g/mol. The van der Waals surface area contributed by atoms with Crippen LogP contribution in [-0.4, -0.2) is 19.2 Å². The van der Waals surface area contributed by atoms with Crippen molar-refractivity contribution in [2.24, 2.45) is 0 Å². The molecule has 1 aromatic carbocycles. The number of hydrogen-bond acceptors (Lipinski definition) is 2. The maximum absolute atomic E-state index is 5.80. The lowest BCUT2D eigenvalue weighted by molar-refractivity contribution is 0.0542. The van der Waals surface area contributed by atoms with Gasteiger partial charge in [0.05, 0.1) is 12.7 Å². The van der Waals surface area contributed by atoms with Gasteiger partial charge in [-0.3, -0.25) is 0 Å². The number of hydrogen-bond donors (Lipinski definition) is 1. The minimum atomic E-state index is 0.413. The van der Waals surface area contributed by atoms with Crippen molar-refractivity contribution in [3.05, 3.63) is 35.4 Å². The van der Waals surface area contributed by atoms with Gasteiger partial charge >= 0.3 is 0 Å². The summed E-state index contributed by atoms with van der Waals surface area (Å²) in [5.41, 5.74) is 2.67. The largest absolute Gasteiger partial charge is 0.372 e. The predicted octanol–water partition coefficient (Wildman–Crippen LogP) is 2.13. The van der Waals surface area contributed by atoms with Crippen LogP contribution in [0.4, 0.5) is 0 Å². The summed E-state index contributed by atoms with van der Waals surface area (Å²) in [5.74, 6) is 0. The van der Waals surface area contributed by atoms with Gasteiger partial charge in [-0.25, -0.2) is 0 Å². The molecule has 1 N–H and O–H groups in total. The van der Waals surface area contributed by atoms with Crippen molar-refractivity contribution >= 4 is 0 Å². The summed E-state index contributed by atoms with van der Waals surface area (Å²) in [6.07, 6.45) is 2.66. The molecule has 2 nitrogen and oxygen atoms in total. The molecule has 2 heteroatoms. The SMILES string of the molecule is CCc1ccc(CO[C@H]2CCNC2)cc1. The number of ether oxygens (including phenoxy) is 1. The van der Waals surface area contributed by atoms with E-state index in [2.05, 4.69) is 36.5 Å². The molecule has 0 spiro atoms. The van der Waals surface area contributed by atoms with E-state index in [1.54, 1.807) is 0 Å². The van der Waals surface area contributed by atoms with Crippen LogP contribution in [0.2, 0.25) is 0 Å². The molecule has 0 bridgehead atoms. The van der Waals surface area contributed by atoms with E-state index in [0.717, 1.165) is 32.5 Å². The zero-order valence-corrected chi connectivity index (χ0v) is 9.33. The van der Waals surface area contributed by atoms with Gasteiger partial charge in [0.15, 0.2) is 0 Å². The number of rotatable bonds is 4. The summed E-state index contributed by atoms with van der Waals surface area (Å²) in [6, 6.07) is 8.71. The highest BCUT2D eigenvalue weighted by molar-refractivity contribution is 5.21. The minimum absolute atomic E-state index is 0.413. The van der Waals surface area contributed by atoms with E-state index in [4.69, 9.17) is 4.74 Å². The molecule has 0 saturated carbocycles. The standard InChI is InChI=1S/C13H19NO/c1-2-11-3-5-12(6-4-11)10-15-13-7-8-14-9-13/h3-6,13-14H,2,7-10H2,1H3/t13-/m0/s1. The van der Waals surface area contributed by atoms with Crippen molar-refractivity contribution in [1.82, 2.24) is 5.32 Å². The summed E-state index contributed by atoms with van der Waals surface area (Å²) < 4.78 is 5.80. The molecule has 1 fully saturated rings. The zero-order valence-electron chi connectivity index (χ0n) is 9.33. The summed E-state index contributed by atoms with van der Waals surface area (Å²) in [5, 5.41) is 3.30. The van der Waals surface area contributed by atoms with E-state index < -0.39 is 0 Å². The van der Waals surface area contributed by atoms with Gasteiger partial charge in [0, 0.05) is 6.54 Å². The third kappa shape index (κ3) is 3.05. The van der Waals surface area contributed by atoms with Gasteiger partial charge in [0.25, 0.3) is 0 Å². The second-order valence-electron chi connectivity index (χ2n) is 4.10. The van der Waals surface area contributed by atoms with Crippen molar-refractivity contribution in [3.8, 4) is 0 Å². The lowest BCUT2D eigenvalue weighted by atomic mass is 10.1. The maximum atomic E-state index is 5.80. The van der Waals surface area contributed by atoms with Crippen molar-refractivity contribution in [3.63, 3.8) is 0 Å². The quantitative estimate of drug-likeness (QED) is 0.813. The molecule has 0 amide bonds. The fourth-order valence-corrected chi connectivity index (χ4v) is 1.86. The average molecular weight is 205 g/mol. The zero-order chi connectivity index (χ0) is 10.5. The molecule has 1 aliphatic heterocycles.